The zero-order valence-electron chi connectivity index (χ0n) is 13.6. The second kappa shape index (κ2) is 6.69. The predicted molar refractivity (Wildman–Crippen MR) is 84.9 cm³/mol. The Morgan fingerprint density at radius 3 is 2.59 bits per heavy atom. The number of unbranched alkanes of at least 4 members (excludes halogenated alkanes) is 1. The maximum atomic E-state index is 12.8. The fourth-order valence-electron chi connectivity index (χ4n) is 2.69. The van der Waals surface area contributed by atoms with Crippen LogP contribution in [0.15, 0.2) is 0 Å². The Kier molecular flexibility index (Phi) is 5.11. The van der Waals surface area contributed by atoms with Crippen LogP contribution in [0.1, 0.15) is 42.4 Å². The number of carbonyl (C=O) groups is 2. The highest BCUT2D eigenvalue weighted by Crippen LogP contribution is 2.24. The standard InChI is InChI=1S/C15H23ClN4O2/c1-5-6-7-11-14(21)18(3)8-9-20(11)15(22)13-12(16)10(2)19(4)17-13/h11H,5-9H2,1-4H3/t11-/m0/s1. The highest BCUT2D eigenvalue weighted by atomic mass is 35.5. The van der Waals surface area contributed by atoms with Crippen molar-refractivity contribution >= 4 is 23.4 Å². The van der Waals surface area contributed by atoms with Gasteiger partial charge in [-0.15, -0.1) is 0 Å². The average Bonchev–Trinajstić information content (AvgIpc) is 2.75. The molecule has 0 aliphatic carbocycles. The molecule has 1 aromatic rings. The lowest BCUT2D eigenvalue weighted by atomic mass is 10.0. The summed E-state index contributed by atoms with van der Waals surface area (Å²) in [4.78, 5) is 28.5. The number of halogens is 1. The van der Waals surface area contributed by atoms with Gasteiger partial charge in [-0.1, -0.05) is 31.4 Å². The molecule has 0 spiro atoms. The van der Waals surface area contributed by atoms with E-state index in [-0.39, 0.29) is 17.5 Å². The number of carbonyl (C=O) groups excluding carboxylic acids is 2. The summed E-state index contributed by atoms with van der Waals surface area (Å²) in [5, 5.41) is 4.58. The van der Waals surface area contributed by atoms with Crippen LogP contribution in [0.5, 0.6) is 0 Å². The van der Waals surface area contributed by atoms with Crippen molar-refractivity contribution in [3.63, 3.8) is 0 Å². The van der Waals surface area contributed by atoms with Gasteiger partial charge in [-0.3, -0.25) is 14.3 Å². The molecule has 1 aromatic heterocycles. The van der Waals surface area contributed by atoms with E-state index < -0.39 is 6.04 Å². The summed E-state index contributed by atoms with van der Waals surface area (Å²) >= 11 is 6.22. The fraction of sp³-hybridized carbons (Fsp3) is 0.667. The first-order valence-corrected chi connectivity index (χ1v) is 8.01. The van der Waals surface area contributed by atoms with Crippen molar-refractivity contribution < 1.29 is 9.59 Å². The zero-order chi connectivity index (χ0) is 16.4. The monoisotopic (exact) mass is 326 g/mol. The minimum Gasteiger partial charge on any atom is -0.342 e. The summed E-state index contributed by atoms with van der Waals surface area (Å²) in [7, 11) is 3.53. The highest BCUT2D eigenvalue weighted by molar-refractivity contribution is 6.34. The van der Waals surface area contributed by atoms with Crippen molar-refractivity contribution in [2.75, 3.05) is 20.1 Å². The molecular weight excluding hydrogens is 304 g/mol. The number of aryl methyl sites for hydroxylation is 1. The first-order valence-electron chi connectivity index (χ1n) is 7.63. The number of amides is 2. The van der Waals surface area contributed by atoms with Crippen molar-refractivity contribution in [2.24, 2.45) is 7.05 Å². The van der Waals surface area contributed by atoms with E-state index in [4.69, 9.17) is 11.6 Å². The van der Waals surface area contributed by atoms with Crippen LogP contribution in [-0.2, 0) is 11.8 Å². The van der Waals surface area contributed by atoms with Crippen LogP contribution in [0.25, 0.3) is 0 Å². The molecule has 122 valence electrons. The van der Waals surface area contributed by atoms with Gasteiger partial charge in [-0.25, -0.2) is 0 Å². The van der Waals surface area contributed by atoms with E-state index in [0.717, 1.165) is 18.5 Å². The van der Waals surface area contributed by atoms with E-state index in [9.17, 15) is 9.59 Å². The first-order chi connectivity index (χ1) is 10.4. The van der Waals surface area contributed by atoms with Gasteiger partial charge in [0.15, 0.2) is 5.69 Å². The van der Waals surface area contributed by atoms with E-state index in [1.807, 2.05) is 6.92 Å². The quantitative estimate of drug-likeness (QED) is 0.848. The molecular formula is C15H23ClN4O2. The zero-order valence-corrected chi connectivity index (χ0v) is 14.4. The van der Waals surface area contributed by atoms with Crippen LogP contribution in [0.2, 0.25) is 5.02 Å². The lowest BCUT2D eigenvalue weighted by molar-refractivity contribution is -0.138. The molecule has 1 saturated heterocycles. The van der Waals surface area contributed by atoms with Gasteiger partial charge in [0.05, 0.1) is 10.7 Å². The van der Waals surface area contributed by atoms with Crippen LogP contribution in [0.3, 0.4) is 0 Å². The molecule has 6 nitrogen and oxygen atoms in total. The number of likely N-dealkylation sites (N-methyl/N-ethyl adjacent to an activating group) is 1. The van der Waals surface area contributed by atoms with Gasteiger partial charge in [0, 0.05) is 27.2 Å². The van der Waals surface area contributed by atoms with Gasteiger partial charge in [-0.2, -0.15) is 5.10 Å². The maximum Gasteiger partial charge on any atom is 0.276 e. The second-order valence-corrected chi connectivity index (χ2v) is 6.17. The van der Waals surface area contributed by atoms with Gasteiger partial charge in [0.2, 0.25) is 5.91 Å². The number of hydrogen-bond acceptors (Lipinski definition) is 3. The normalized spacial score (nSPS) is 19.0. The molecule has 0 N–H and O–H groups in total. The highest BCUT2D eigenvalue weighted by Gasteiger charge is 2.37. The van der Waals surface area contributed by atoms with E-state index in [1.165, 1.54) is 0 Å². The number of nitrogens with zero attached hydrogens (tertiary/aromatic N) is 4. The predicted octanol–water partition coefficient (Wildman–Crippen LogP) is 1.85. The van der Waals surface area contributed by atoms with E-state index in [1.54, 1.807) is 28.6 Å². The molecule has 1 aliphatic heterocycles. The molecule has 0 saturated carbocycles. The summed E-state index contributed by atoms with van der Waals surface area (Å²) < 4.78 is 1.59. The fourth-order valence-corrected chi connectivity index (χ4v) is 2.93. The third-order valence-corrected chi connectivity index (χ3v) is 4.72. The number of piperazine rings is 1. The van der Waals surface area contributed by atoms with Crippen LogP contribution in [-0.4, -0.2) is 57.6 Å². The maximum absolute atomic E-state index is 12.8. The number of rotatable bonds is 4. The van der Waals surface area contributed by atoms with Crippen molar-refractivity contribution in [1.82, 2.24) is 19.6 Å². The Balaban J connectivity index is 2.29. The van der Waals surface area contributed by atoms with Crippen LogP contribution in [0.4, 0.5) is 0 Å². The van der Waals surface area contributed by atoms with Crippen molar-refractivity contribution in [3.8, 4) is 0 Å². The van der Waals surface area contributed by atoms with Crippen molar-refractivity contribution in [1.29, 1.82) is 0 Å². The topological polar surface area (TPSA) is 58.4 Å². The Morgan fingerprint density at radius 1 is 1.36 bits per heavy atom. The molecule has 0 radical (unpaired) electrons. The summed E-state index contributed by atoms with van der Waals surface area (Å²) in [5.74, 6) is -0.256. The van der Waals surface area contributed by atoms with Gasteiger partial charge in [0.1, 0.15) is 6.04 Å². The van der Waals surface area contributed by atoms with Gasteiger partial charge in [0.25, 0.3) is 5.91 Å². The molecule has 7 heteroatoms. The van der Waals surface area contributed by atoms with Gasteiger partial charge >= 0.3 is 0 Å². The lowest BCUT2D eigenvalue weighted by Crippen LogP contribution is -2.57. The largest absolute Gasteiger partial charge is 0.342 e. The summed E-state index contributed by atoms with van der Waals surface area (Å²) in [6.07, 6.45) is 2.57. The number of aromatic nitrogens is 2. The molecule has 0 unspecified atom stereocenters. The molecule has 0 bridgehead atoms. The van der Waals surface area contributed by atoms with Crippen LogP contribution >= 0.6 is 11.6 Å². The first kappa shape index (κ1) is 16.8. The Hall–Kier alpha value is -1.56. The summed E-state index contributed by atoms with van der Waals surface area (Å²) in [6.45, 7) is 4.94. The van der Waals surface area contributed by atoms with Crippen LogP contribution < -0.4 is 0 Å². The minimum atomic E-state index is -0.412. The SMILES string of the molecule is CCCC[C@H]1C(=O)N(C)CCN1C(=O)c1nn(C)c(C)c1Cl. The van der Waals surface area contributed by atoms with Crippen molar-refractivity contribution in [2.45, 2.75) is 39.2 Å². The third-order valence-electron chi connectivity index (χ3n) is 4.27. The Morgan fingerprint density at radius 2 is 2.05 bits per heavy atom. The Labute approximate surface area is 136 Å². The third kappa shape index (κ3) is 2.97. The smallest absolute Gasteiger partial charge is 0.276 e. The van der Waals surface area contributed by atoms with E-state index >= 15 is 0 Å². The molecule has 2 amide bonds. The molecule has 0 aromatic carbocycles. The van der Waals surface area contributed by atoms with Gasteiger partial charge < -0.3 is 9.80 Å². The molecule has 2 heterocycles. The molecule has 1 atom stereocenters. The van der Waals surface area contributed by atoms with E-state index in [2.05, 4.69) is 12.0 Å². The summed E-state index contributed by atoms with van der Waals surface area (Å²) in [5.41, 5.74) is 0.982. The molecule has 1 fully saturated rings. The molecule has 2 rings (SSSR count). The van der Waals surface area contributed by atoms with Gasteiger partial charge in [-0.05, 0) is 13.3 Å². The molecule has 22 heavy (non-hydrogen) atoms. The summed E-state index contributed by atoms with van der Waals surface area (Å²) in [6, 6.07) is -0.412. The second-order valence-electron chi connectivity index (χ2n) is 5.79. The number of hydrogen-bond donors (Lipinski definition) is 0. The average molecular weight is 327 g/mol. The van der Waals surface area contributed by atoms with Crippen molar-refractivity contribution in [3.05, 3.63) is 16.4 Å². The molecule has 1 aliphatic rings. The van der Waals surface area contributed by atoms with E-state index in [0.29, 0.717) is 24.5 Å². The minimum absolute atomic E-state index is 0.00294. The lowest BCUT2D eigenvalue weighted by Gasteiger charge is -2.39. The van der Waals surface area contributed by atoms with Crippen LogP contribution in [0, 0.1) is 6.92 Å². The Bertz CT molecular complexity index is 584.